The van der Waals surface area contributed by atoms with Crippen LogP contribution in [0, 0.1) is 0 Å². The van der Waals surface area contributed by atoms with Crippen LogP contribution in [0.15, 0.2) is 4.52 Å². The van der Waals surface area contributed by atoms with Crippen LogP contribution in [0.25, 0.3) is 0 Å². The summed E-state index contributed by atoms with van der Waals surface area (Å²) in [4.78, 5) is 50.6. The maximum Gasteiger partial charge on any atom is 0.326 e. The van der Waals surface area contributed by atoms with Gasteiger partial charge in [0.05, 0.1) is 6.04 Å². The molecule has 0 unspecified atom stereocenters. The van der Waals surface area contributed by atoms with E-state index >= 15 is 0 Å². The van der Waals surface area contributed by atoms with Gasteiger partial charge >= 0.3 is 23.9 Å². The monoisotopic (exact) mass is 413 g/mol. The molecule has 0 radical (unpaired) electrons. The molecular weight excluding hydrogens is 390 g/mol. The van der Waals surface area contributed by atoms with Gasteiger partial charge < -0.3 is 35.8 Å². The highest BCUT2D eigenvalue weighted by Crippen LogP contribution is 2.23. The fourth-order valence-electron chi connectivity index (χ4n) is 2.97. The Labute approximate surface area is 164 Å². The molecule has 13 nitrogen and oxygen atoms in total. The number of nitrogens with zero attached hydrogens (tertiary/aromatic N) is 3. The number of carboxylic acids is 3. The van der Waals surface area contributed by atoms with Crippen LogP contribution in [0.4, 0.5) is 4.79 Å². The van der Waals surface area contributed by atoms with Crippen LogP contribution in [0.3, 0.4) is 0 Å². The Morgan fingerprint density at radius 1 is 1.17 bits per heavy atom. The van der Waals surface area contributed by atoms with Crippen LogP contribution in [0.1, 0.15) is 62.3 Å². The Morgan fingerprint density at radius 2 is 1.83 bits per heavy atom. The van der Waals surface area contributed by atoms with E-state index in [4.69, 9.17) is 20.5 Å². The summed E-state index contributed by atoms with van der Waals surface area (Å²) in [5, 5.41) is 33.1. The molecule has 1 aliphatic rings. The summed E-state index contributed by atoms with van der Waals surface area (Å²) < 4.78 is 5.09. The number of nitrogens with two attached hydrogens (primary N) is 1. The van der Waals surface area contributed by atoms with E-state index in [0.717, 1.165) is 4.90 Å². The van der Waals surface area contributed by atoms with Crippen molar-refractivity contribution in [2.45, 2.75) is 56.7 Å². The van der Waals surface area contributed by atoms with Crippen LogP contribution in [-0.4, -0.2) is 66.9 Å². The van der Waals surface area contributed by atoms with Crippen molar-refractivity contribution in [3.8, 4) is 0 Å². The largest absolute Gasteiger partial charge is 0.481 e. The minimum Gasteiger partial charge on any atom is -0.481 e. The summed E-state index contributed by atoms with van der Waals surface area (Å²) in [6, 6.07) is -3.42. The summed E-state index contributed by atoms with van der Waals surface area (Å²) in [5.74, 6) is -3.32. The van der Waals surface area contributed by atoms with Gasteiger partial charge in [-0.05, 0) is 25.7 Å². The summed E-state index contributed by atoms with van der Waals surface area (Å²) in [6.45, 7) is 0.254. The summed E-state index contributed by atoms with van der Waals surface area (Å²) in [5.41, 5.74) is 5.83. The second-order valence-electron chi connectivity index (χ2n) is 6.65. The predicted molar refractivity (Wildman–Crippen MR) is 93.6 cm³/mol. The molecule has 2 rings (SSSR count). The lowest BCUT2D eigenvalue weighted by Gasteiger charge is -2.24. The number of aromatic nitrogens is 2. The summed E-state index contributed by atoms with van der Waals surface area (Å²) >= 11 is 0. The quantitative estimate of drug-likeness (QED) is 0.347. The van der Waals surface area contributed by atoms with Crippen LogP contribution in [-0.2, 0) is 14.4 Å². The zero-order chi connectivity index (χ0) is 21.6. The number of rotatable bonds is 10. The van der Waals surface area contributed by atoms with Gasteiger partial charge in [-0.3, -0.25) is 9.59 Å². The topological polar surface area (TPSA) is 209 Å². The molecule has 1 aromatic rings. The fraction of sp³-hybridized carbons (Fsp3) is 0.625. The van der Waals surface area contributed by atoms with E-state index in [1.807, 2.05) is 0 Å². The number of carbonyl (C=O) groups is 4. The number of carboxylic acid groups (broad SMARTS) is 3. The average Bonchev–Trinajstić information content (AvgIpc) is 3.32. The zero-order valence-corrected chi connectivity index (χ0v) is 15.5. The zero-order valence-electron chi connectivity index (χ0n) is 15.5. The lowest BCUT2D eigenvalue weighted by atomic mass is 10.1. The van der Waals surface area contributed by atoms with Crippen LogP contribution in [0.5, 0.6) is 0 Å². The van der Waals surface area contributed by atoms with Gasteiger partial charge in [0.15, 0.2) is 5.82 Å². The van der Waals surface area contributed by atoms with Gasteiger partial charge in [0.1, 0.15) is 12.1 Å². The molecule has 1 fully saturated rings. The number of nitrogens with one attached hydrogen (secondary N) is 1. The second-order valence-corrected chi connectivity index (χ2v) is 6.65. The number of carbonyl (C=O) groups excluding carboxylic acids is 1. The molecule has 1 aromatic heterocycles. The molecule has 0 saturated carbocycles. The molecule has 29 heavy (non-hydrogen) atoms. The van der Waals surface area contributed by atoms with E-state index in [1.54, 1.807) is 0 Å². The van der Waals surface area contributed by atoms with Crippen molar-refractivity contribution in [2.75, 3.05) is 6.54 Å². The van der Waals surface area contributed by atoms with Gasteiger partial charge in [-0.1, -0.05) is 5.16 Å². The molecule has 3 atom stereocenters. The smallest absolute Gasteiger partial charge is 0.326 e. The minimum absolute atomic E-state index is 0.0282. The Bertz CT molecular complexity index is 766. The van der Waals surface area contributed by atoms with Crippen molar-refractivity contribution in [1.82, 2.24) is 20.4 Å². The number of aliphatic carboxylic acids is 3. The maximum atomic E-state index is 12.5. The van der Waals surface area contributed by atoms with Gasteiger partial charge in [-0.2, -0.15) is 4.98 Å². The van der Waals surface area contributed by atoms with Gasteiger partial charge in [0, 0.05) is 19.4 Å². The highest BCUT2D eigenvalue weighted by molar-refractivity contribution is 5.83. The molecule has 0 spiro atoms. The molecule has 2 heterocycles. The SMILES string of the molecule is N[C@@H](CCC(=O)O)c1noc([C@H](CCC(=O)O)NC(=O)N2CCC[C@@H]2C(=O)O)n1. The molecule has 160 valence electrons. The molecular formula is C16H23N5O8. The van der Waals surface area contributed by atoms with Gasteiger partial charge in [-0.25, -0.2) is 9.59 Å². The molecule has 6 N–H and O–H groups in total. The van der Waals surface area contributed by atoms with Crippen molar-refractivity contribution >= 4 is 23.9 Å². The predicted octanol–water partition coefficient (Wildman–Crippen LogP) is 0.0987. The van der Waals surface area contributed by atoms with E-state index in [0.29, 0.717) is 12.8 Å². The van der Waals surface area contributed by atoms with E-state index < -0.39 is 42.1 Å². The molecule has 0 bridgehead atoms. The number of likely N-dealkylation sites (tertiary alicyclic amines) is 1. The second kappa shape index (κ2) is 9.82. The van der Waals surface area contributed by atoms with Crippen molar-refractivity contribution in [3.05, 3.63) is 11.7 Å². The van der Waals surface area contributed by atoms with E-state index in [1.165, 1.54) is 0 Å². The normalized spacial score (nSPS) is 18.2. The molecule has 2 amide bonds. The molecule has 0 aromatic carbocycles. The van der Waals surface area contributed by atoms with Crippen molar-refractivity contribution < 1.29 is 39.0 Å². The minimum atomic E-state index is -1.12. The lowest BCUT2D eigenvalue weighted by molar-refractivity contribution is -0.141. The first-order valence-corrected chi connectivity index (χ1v) is 9.01. The number of amides is 2. The number of hydrogen-bond donors (Lipinski definition) is 5. The summed E-state index contributed by atoms with van der Waals surface area (Å²) in [7, 11) is 0. The Balaban J connectivity index is 2.11. The van der Waals surface area contributed by atoms with Gasteiger partial charge in [-0.15, -0.1) is 0 Å². The van der Waals surface area contributed by atoms with E-state index in [-0.39, 0.29) is 43.9 Å². The third-order valence-electron chi connectivity index (χ3n) is 4.50. The average molecular weight is 413 g/mol. The van der Waals surface area contributed by atoms with Crippen LogP contribution >= 0.6 is 0 Å². The Morgan fingerprint density at radius 3 is 2.45 bits per heavy atom. The van der Waals surface area contributed by atoms with Gasteiger partial charge in [0.2, 0.25) is 5.89 Å². The number of hydrogen-bond acceptors (Lipinski definition) is 8. The van der Waals surface area contributed by atoms with Gasteiger partial charge in [0.25, 0.3) is 0 Å². The summed E-state index contributed by atoms with van der Waals surface area (Å²) in [6.07, 6.45) is 0.345. The highest BCUT2D eigenvalue weighted by Gasteiger charge is 2.35. The molecule has 13 heteroatoms. The third-order valence-corrected chi connectivity index (χ3v) is 4.50. The third kappa shape index (κ3) is 6.14. The van der Waals surface area contributed by atoms with Crippen molar-refractivity contribution in [1.29, 1.82) is 0 Å². The fourth-order valence-corrected chi connectivity index (χ4v) is 2.97. The Hall–Kier alpha value is -3.22. The highest BCUT2D eigenvalue weighted by atomic mass is 16.5. The van der Waals surface area contributed by atoms with E-state index in [9.17, 15) is 24.3 Å². The van der Waals surface area contributed by atoms with Crippen LogP contribution < -0.4 is 11.1 Å². The van der Waals surface area contributed by atoms with E-state index in [2.05, 4.69) is 15.5 Å². The van der Waals surface area contributed by atoms with Crippen molar-refractivity contribution in [2.24, 2.45) is 5.73 Å². The first-order chi connectivity index (χ1) is 13.7. The molecule has 1 aliphatic heterocycles. The maximum absolute atomic E-state index is 12.5. The van der Waals surface area contributed by atoms with Crippen molar-refractivity contribution in [3.63, 3.8) is 0 Å². The Kier molecular flexibility index (Phi) is 7.47. The standard InChI is InChI=1S/C16H23N5O8/c17-8(3-5-11(22)23)13-19-14(29-20-13)9(4-6-12(24)25)18-16(28)21-7-1-2-10(21)15(26)27/h8-10H,1-7,17H2,(H,18,28)(H,22,23)(H,24,25)(H,26,27)/t8-,9-,10+/m0/s1. The first-order valence-electron chi connectivity index (χ1n) is 9.01. The lowest BCUT2D eigenvalue weighted by Crippen LogP contribution is -2.47. The van der Waals surface area contributed by atoms with Crippen LogP contribution in [0.2, 0.25) is 0 Å². The molecule has 0 aliphatic carbocycles. The molecule has 1 saturated heterocycles. The number of urea groups is 1. The first kappa shape index (κ1) is 22.1.